The number of benzene rings is 1. The van der Waals surface area contributed by atoms with E-state index < -0.39 is 0 Å². The summed E-state index contributed by atoms with van der Waals surface area (Å²) in [6.45, 7) is 4.01. The summed E-state index contributed by atoms with van der Waals surface area (Å²) < 4.78 is 3.43. The number of anilines is 1. The molecule has 90 valence electrons. The molecule has 0 saturated carbocycles. The molecule has 2 aromatic rings. The Morgan fingerprint density at radius 3 is 2.29 bits per heavy atom. The first-order valence-corrected chi connectivity index (χ1v) is 5.69. The van der Waals surface area contributed by atoms with Gasteiger partial charge in [-0.05, 0) is 25.5 Å². The van der Waals surface area contributed by atoms with Gasteiger partial charge < -0.3 is 5.73 Å². The standard InChI is InChI=1S/C13H17N3O/c1-4-11-12(14)13(17)16(15(11)3)10-7-5-9(2)6-8-10/h5-8H,4,14H2,1-3H3. The van der Waals surface area contributed by atoms with Gasteiger partial charge in [-0.25, -0.2) is 4.68 Å². The van der Waals surface area contributed by atoms with Crippen molar-refractivity contribution in [1.29, 1.82) is 0 Å². The molecule has 0 atom stereocenters. The fourth-order valence-corrected chi connectivity index (χ4v) is 2.06. The molecule has 17 heavy (non-hydrogen) atoms. The summed E-state index contributed by atoms with van der Waals surface area (Å²) in [7, 11) is 1.86. The summed E-state index contributed by atoms with van der Waals surface area (Å²) in [4.78, 5) is 12.1. The van der Waals surface area contributed by atoms with Crippen LogP contribution >= 0.6 is 0 Å². The number of hydrogen-bond donors (Lipinski definition) is 1. The molecule has 1 aromatic carbocycles. The van der Waals surface area contributed by atoms with E-state index in [9.17, 15) is 4.79 Å². The van der Waals surface area contributed by atoms with Crippen molar-refractivity contribution in [2.75, 3.05) is 5.73 Å². The first-order valence-electron chi connectivity index (χ1n) is 5.69. The first kappa shape index (κ1) is 11.5. The zero-order valence-electron chi connectivity index (χ0n) is 10.4. The van der Waals surface area contributed by atoms with Gasteiger partial charge in [0.25, 0.3) is 5.56 Å². The maximum absolute atomic E-state index is 12.1. The minimum absolute atomic E-state index is 0.145. The molecule has 2 rings (SSSR count). The van der Waals surface area contributed by atoms with E-state index >= 15 is 0 Å². The average molecular weight is 231 g/mol. The summed E-state index contributed by atoms with van der Waals surface area (Å²) in [6.07, 6.45) is 0.746. The quantitative estimate of drug-likeness (QED) is 0.854. The van der Waals surface area contributed by atoms with Gasteiger partial charge in [0.15, 0.2) is 0 Å². The Morgan fingerprint density at radius 2 is 1.82 bits per heavy atom. The van der Waals surface area contributed by atoms with Crippen LogP contribution in [-0.2, 0) is 13.5 Å². The van der Waals surface area contributed by atoms with Crippen LogP contribution in [0.2, 0.25) is 0 Å². The minimum Gasteiger partial charge on any atom is -0.393 e. The molecular formula is C13H17N3O. The molecule has 0 bridgehead atoms. The van der Waals surface area contributed by atoms with Gasteiger partial charge in [-0.3, -0.25) is 9.48 Å². The largest absolute Gasteiger partial charge is 0.393 e. The number of aryl methyl sites for hydroxylation is 1. The number of hydrogen-bond acceptors (Lipinski definition) is 2. The van der Waals surface area contributed by atoms with E-state index in [0.717, 1.165) is 17.8 Å². The van der Waals surface area contributed by atoms with Crippen molar-refractivity contribution in [3.8, 4) is 5.69 Å². The molecule has 4 nitrogen and oxygen atoms in total. The third kappa shape index (κ3) is 1.75. The van der Waals surface area contributed by atoms with Crippen molar-refractivity contribution < 1.29 is 0 Å². The molecule has 0 fully saturated rings. The van der Waals surface area contributed by atoms with E-state index in [-0.39, 0.29) is 5.56 Å². The van der Waals surface area contributed by atoms with E-state index in [4.69, 9.17) is 5.73 Å². The van der Waals surface area contributed by atoms with E-state index in [1.165, 1.54) is 5.56 Å². The number of aromatic nitrogens is 2. The Hall–Kier alpha value is -1.97. The molecule has 0 unspecified atom stereocenters. The van der Waals surface area contributed by atoms with E-state index in [0.29, 0.717) is 5.69 Å². The van der Waals surface area contributed by atoms with Crippen LogP contribution in [0.5, 0.6) is 0 Å². The molecule has 0 aliphatic carbocycles. The predicted octanol–water partition coefficient (Wildman–Crippen LogP) is 1.63. The van der Waals surface area contributed by atoms with E-state index in [1.807, 2.05) is 49.8 Å². The lowest BCUT2D eigenvalue weighted by Gasteiger charge is -2.09. The third-order valence-electron chi connectivity index (χ3n) is 3.04. The van der Waals surface area contributed by atoms with Gasteiger partial charge in [0.1, 0.15) is 5.69 Å². The summed E-state index contributed by atoms with van der Waals surface area (Å²) in [5.41, 5.74) is 8.91. The van der Waals surface area contributed by atoms with Gasteiger partial charge in [0.05, 0.1) is 11.4 Å². The molecule has 0 aliphatic heterocycles. The Labute approximate surface area is 100 Å². The van der Waals surface area contributed by atoms with Crippen LogP contribution in [0.4, 0.5) is 5.69 Å². The van der Waals surface area contributed by atoms with Crippen LogP contribution in [0.25, 0.3) is 5.69 Å². The second-order valence-corrected chi connectivity index (χ2v) is 4.19. The number of nitrogen functional groups attached to an aromatic ring is 1. The minimum atomic E-state index is -0.145. The lowest BCUT2D eigenvalue weighted by Crippen LogP contribution is -2.20. The average Bonchev–Trinajstić information content (AvgIpc) is 2.52. The van der Waals surface area contributed by atoms with Crippen molar-refractivity contribution in [3.05, 3.63) is 45.9 Å². The maximum atomic E-state index is 12.1. The Balaban J connectivity index is 2.68. The van der Waals surface area contributed by atoms with E-state index in [1.54, 1.807) is 4.68 Å². The highest BCUT2D eigenvalue weighted by atomic mass is 16.1. The zero-order chi connectivity index (χ0) is 12.6. The zero-order valence-corrected chi connectivity index (χ0v) is 10.4. The summed E-state index contributed by atoms with van der Waals surface area (Å²) in [5, 5.41) is 0. The van der Waals surface area contributed by atoms with Crippen LogP contribution in [0, 0.1) is 6.92 Å². The van der Waals surface area contributed by atoms with Gasteiger partial charge >= 0.3 is 0 Å². The first-order chi connectivity index (χ1) is 8.06. The number of rotatable bonds is 2. The fourth-order valence-electron chi connectivity index (χ4n) is 2.06. The molecule has 4 heteroatoms. The van der Waals surface area contributed by atoms with Crippen LogP contribution in [-0.4, -0.2) is 9.36 Å². The van der Waals surface area contributed by atoms with Crippen molar-refractivity contribution in [3.63, 3.8) is 0 Å². The highest BCUT2D eigenvalue weighted by Gasteiger charge is 2.14. The van der Waals surface area contributed by atoms with Gasteiger partial charge in [-0.1, -0.05) is 24.6 Å². The lowest BCUT2D eigenvalue weighted by atomic mass is 10.2. The van der Waals surface area contributed by atoms with Crippen LogP contribution in [0.3, 0.4) is 0 Å². The molecule has 0 radical (unpaired) electrons. The Bertz CT molecular complexity index is 590. The second kappa shape index (κ2) is 4.13. The smallest absolute Gasteiger partial charge is 0.294 e. The number of nitrogens with zero attached hydrogens (tertiary/aromatic N) is 2. The third-order valence-corrected chi connectivity index (χ3v) is 3.04. The molecule has 1 aromatic heterocycles. The van der Waals surface area contributed by atoms with Crippen LogP contribution < -0.4 is 11.3 Å². The summed E-state index contributed by atoms with van der Waals surface area (Å²) >= 11 is 0. The van der Waals surface area contributed by atoms with Crippen molar-refractivity contribution in [2.45, 2.75) is 20.3 Å². The second-order valence-electron chi connectivity index (χ2n) is 4.19. The highest BCUT2D eigenvalue weighted by molar-refractivity contribution is 5.45. The summed E-state index contributed by atoms with van der Waals surface area (Å²) in [6, 6.07) is 7.82. The summed E-state index contributed by atoms with van der Waals surface area (Å²) in [5.74, 6) is 0. The molecular weight excluding hydrogens is 214 g/mol. The van der Waals surface area contributed by atoms with Crippen LogP contribution in [0.1, 0.15) is 18.2 Å². The molecule has 0 spiro atoms. The molecule has 0 amide bonds. The van der Waals surface area contributed by atoms with Crippen molar-refractivity contribution in [2.24, 2.45) is 7.05 Å². The molecule has 0 saturated heterocycles. The van der Waals surface area contributed by atoms with Crippen molar-refractivity contribution >= 4 is 5.69 Å². The Morgan fingerprint density at radius 1 is 1.24 bits per heavy atom. The van der Waals surface area contributed by atoms with Gasteiger partial charge in [0, 0.05) is 7.05 Å². The Kier molecular flexibility index (Phi) is 2.79. The van der Waals surface area contributed by atoms with Gasteiger partial charge in [-0.2, -0.15) is 0 Å². The SMILES string of the molecule is CCc1c(N)c(=O)n(-c2ccc(C)cc2)n1C. The lowest BCUT2D eigenvalue weighted by molar-refractivity contribution is 0.618. The number of nitrogens with two attached hydrogens (primary N) is 1. The maximum Gasteiger partial charge on any atom is 0.294 e. The molecule has 1 heterocycles. The highest BCUT2D eigenvalue weighted by Crippen LogP contribution is 2.13. The normalized spacial score (nSPS) is 10.8. The fraction of sp³-hybridized carbons (Fsp3) is 0.308. The predicted molar refractivity (Wildman–Crippen MR) is 69.5 cm³/mol. The van der Waals surface area contributed by atoms with Gasteiger partial charge in [-0.15, -0.1) is 0 Å². The van der Waals surface area contributed by atoms with Gasteiger partial charge in [0.2, 0.25) is 0 Å². The van der Waals surface area contributed by atoms with Crippen molar-refractivity contribution in [1.82, 2.24) is 9.36 Å². The topological polar surface area (TPSA) is 53.0 Å². The molecule has 0 aliphatic rings. The monoisotopic (exact) mass is 231 g/mol. The van der Waals surface area contributed by atoms with Crippen LogP contribution in [0.15, 0.2) is 29.1 Å². The van der Waals surface area contributed by atoms with E-state index in [2.05, 4.69) is 0 Å². The molecule has 2 N–H and O–H groups in total.